The number of carbonyl (C=O) groups is 1. The molecule has 0 unspecified atom stereocenters. The van der Waals surface area contributed by atoms with Crippen LogP contribution in [0.3, 0.4) is 0 Å². The minimum atomic E-state index is 0.147. The molecule has 0 atom stereocenters. The van der Waals surface area contributed by atoms with Crippen molar-refractivity contribution in [3.05, 3.63) is 22.4 Å². The highest BCUT2D eigenvalue weighted by molar-refractivity contribution is 7.07. The molecule has 1 heterocycles. The molecule has 1 fully saturated rings. The van der Waals surface area contributed by atoms with E-state index in [1.165, 1.54) is 37.7 Å². The van der Waals surface area contributed by atoms with Gasteiger partial charge in [0.15, 0.2) is 0 Å². The molecule has 0 saturated heterocycles. The zero-order chi connectivity index (χ0) is 14.0. The van der Waals surface area contributed by atoms with Gasteiger partial charge in [0.25, 0.3) is 0 Å². The summed E-state index contributed by atoms with van der Waals surface area (Å²) in [6, 6.07) is 2.08. The SMILES string of the molecule is O=C(CCc1ccsc1)NCCCOC1CCCCC1. The number of thiophene rings is 1. The van der Waals surface area contributed by atoms with Crippen molar-refractivity contribution in [2.75, 3.05) is 13.2 Å². The molecule has 0 bridgehead atoms. The van der Waals surface area contributed by atoms with Crippen LogP contribution >= 0.6 is 11.3 Å². The van der Waals surface area contributed by atoms with Crippen molar-refractivity contribution in [3.8, 4) is 0 Å². The molecule has 2 rings (SSSR count). The van der Waals surface area contributed by atoms with Gasteiger partial charge >= 0.3 is 0 Å². The van der Waals surface area contributed by atoms with Crippen LogP contribution < -0.4 is 5.32 Å². The van der Waals surface area contributed by atoms with Crippen LogP contribution in [0.5, 0.6) is 0 Å². The monoisotopic (exact) mass is 295 g/mol. The van der Waals surface area contributed by atoms with E-state index in [9.17, 15) is 4.79 Å². The molecular weight excluding hydrogens is 270 g/mol. The Kier molecular flexibility index (Phi) is 7.09. The maximum absolute atomic E-state index is 11.7. The zero-order valence-electron chi connectivity index (χ0n) is 12.1. The van der Waals surface area contributed by atoms with Crippen LogP contribution in [-0.2, 0) is 16.0 Å². The van der Waals surface area contributed by atoms with Gasteiger partial charge in [0, 0.05) is 19.6 Å². The normalized spacial score (nSPS) is 16.2. The van der Waals surface area contributed by atoms with E-state index in [4.69, 9.17) is 4.74 Å². The van der Waals surface area contributed by atoms with Crippen LogP contribution in [-0.4, -0.2) is 25.2 Å². The summed E-state index contributed by atoms with van der Waals surface area (Å²) in [7, 11) is 0. The Morgan fingerprint density at radius 2 is 2.20 bits per heavy atom. The van der Waals surface area contributed by atoms with Gasteiger partial charge in [0.2, 0.25) is 5.91 Å². The van der Waals surface area contributed by atoms with Gasteiger partial charge in [-0.05, 0) is 48.1 Å². The van der Waals surface area contributed by atoms with Crippen molar-refractivity contribution < 1.29 is 9.53 Å². The van der Waals surface area contributed by atoms with Crippen molar-refractivity contribution in [1.29, 1.82) is 0 Å². The fraction of sp³-hybridized carbons (Fsp3) is 0.688. The third kappa shape index (κ3) is 6.06. The van der Waals surface area contributed by atoms with E-state index in [1.54, 1.807) is 11.3 Å². The molecule has 1 aliphatic rings. The van der Waals surface area contributed by atoms with Crippen molar-refractivity contribution in [2.24, 2.45) is 0 Å². The molecule has 3 nitrogen and oxygen atoms in total. The summed E-state index contributed by atoms with van der Waals surface area (Å²) in [5, 5.41) is 7.12. The topological polar surface area (TPSA) is 38.3 Å². The lowest BCUT2D eigenvalue weighted by Crippen LogP contribution is -2.26. The van der Waals surface area contributed by atoms with Gasteiger partial charge in [-0.15, -0.1) is 0 Å². The third-order valence-electron chi connectivity index (χ3n) is 3.77. The Morgan fingerprint density at radius 3 is 2.95 bits per heavy atom. The third-order valence-corrected chi connectivity index (χ3v) is 4.50. The largest absolute Gasteiger partial charge is 0.378 e. The number of aryl methyl sites for hydroxylation is 1. The van der Waals surface area contributed by atoms with E-state index in [-0.39, 0.29) is 5.91 Å². The molecule has 0 aliphatic heterocycles. The Balaban J connectivity index is 1.45. The van der Waals surface area contributed by atoms with E-state index in [0.29, 0.717) is 12.5 Å². The van der Waals surface area contributed by atoms with Gasteiger partial charge in [-0.3, -0.25) is 4.79 Å². The lowest BCUT2D eigenvalue weighted by atomic mass is 9.98. The molecule has 4 heteroatoms. The minimum Gasteiger partial charge on any atom is -0.378 e. The number of hydrogen-bond donors (Lipinski definition) is 1. The van der Waals surface area contributed by atoms with Gasteiger partial charge < -0.3 is 10.1 Å². The van der Waals surface area contributed by atoms with Gasteiger partial charge in [-0.2, -0.15) is 11.3 Å². The summed E-state index contributed by atoms with van der Waals surface area (Å²) < 4.78 is 5.83. The molecule has 0 radical (unpaired) electrons. The highest BCUT2D eigenvalue weighted by Gasteiger charge is 2.13. The van der Waals surface area contributed by atoms with Crippen LogP contribution in [0.1, 0.15) is 50.5 Å². The molecule has 20 heavy (non-hydrogen) atoms. The van der Waals surface area contributed by atoms with Crippen molar-refractivity contribution in [3.63, 3.8) is 0 Å². The Bertz CT molecular complexity index is 372. The maximum atomic E-state index is 11.7. The Hall–Kier alpha value is -0.870. The number of ether oxygens (including phenoxy) is 1. The average Bonchev–Trinajstić information content (AvgIpc) is 2.99. The molecule has 1 saturated carbocycles. The molecule has 0 aromatic carbocycles. The molecular formula is C16H25NO2S. The second kappa shape index (κ2) is 9.14. The van der Waals surface area contributed by atoms with Crippen LogP contribution in [0.4, 0.5) is 0 Å². The summed E-state index contributed by atoms with van der Waals surface area (Å²) in [6.45, 7) is 1.50. The second-order valence-electron chi connectivity index (χ2n) is 5.47. The standard InChI is InChI=1S/C16H25NO2S/c18-16(8-7-14-9-12-20-13-14)17-10-4-11-19-15-5-2-1-3-6-15/h9,12-13,15H,1-8,10-11H2,(H,17,18). The van der Waals surface area contributed by atoms with Crippen molar-refractivity contribution in [2.45, 2.75) is 57.5 Å². The summed E-state index contributed by atoms with van der Waals surface area (Å²) in [6.07, 6.45) is 9.22. The maximum Gasteiger partial charge on any atom is 0.220 e. The number of rotatable bonds is 8. The first-order valence-electron chi connectivity index (χ1n) is 7.74. The average molecular weight is 295 g/mol. The van der Waals surface area contributed by atoms with Crippen LogP contribution in [0.15, 0.2) is 16.8 Å². The number of hydrogen-bond acceptors (Lipinski definition) is 3. The highest BCUT2D eigenvalue weighted by atomic mass is 32.1. The molecule has 1 aromatic rings. The molecule has 0 spiro atoms. The van der Waals surface area contributed by atoms with Crippen LogP contribution in [0.25, 0.3) is 0 Å². The summed E-state index contributed by atoms with van der Waals surface area (Å²) in [4.78, 5) is 11.7. The summed E-state index contributed by atoms with van der Waals surface area (Å²) in [5.74, 6) is 0.147. The summed E-state index contributed by atoms with van der Waals surface area (Å²) in [5.41, 5.74) is 1.26. The minimum absolute atomic E-state index is 0.147. The van der Waals surface area contributed by atoms with Gasteiger partial charge in [-0.25, -0.2) is 0 Å². The van der Waals surface area contributed by atoms with E-state index < -0.39 is 0 Å². The van der Waals surface area contributed by atoms with Crippen LogP contribution in [0.2, 0.25) is 0 Å². The van der Waals surface area contributed by atoms with Gasteiger partial charge in [0.1, 0.15) is 0 Å². The van der Waals surface area contributed by atoms with Crippen molar-refractivity contribution >= 4 is 17.2 Å². The van der Waals surface area contributed by atoms with Crippen LogP contribution in [0, 0.1) is 0 Å². The van der Waals surface area contributed by atoms with E-state index >= 15 is 0 Å². The van der Waals surface area contributed by atoms with Crippen molar-refractivity contribution in [1.82, 2.24) is 5.32 Å². The first kappa shape index (κ1) is 15.5. The predicted molar refractivity (Wildman–Crippen MR) is 83.1 cm³/mol. The lowest BCUT2D eigenvalue weighted by molar-refractivity contribution is -0.121. The van der Waals surface area contributed by atoms with E-state index in [0.717, 1.165) is 26.0 Å². The van der Waals surface area contributed by atoms with E-state index in [1.807, 2.05) is 0 Å². The number of amides is 1. The first-order valence-corrected chi connectivity index (χ1v) is 8.68. The Labute approximate surface area is 125 Å². The first-order chi connectivity index (χ1) is 9.84. The molecule has 112 valence electrons. The number of nitrogens with one attached hydrogen (secondary N) is 1. The Morgan fingerprint density at radius 1 is 1.35 bits per heavy atom. The quantitative estimate of drug-likeness (QED) is 0.745. The fourth-order valence-corrected chi connectivity index (χ4v) is 3.27. The molecule has 1 aliphatic carbocycles. The zero-order valence-corrected chi connectivity index (χ0v) is 12.9. The molecule has 1 N–H and O–H groups in total. The predicted octanol–water partition coefficient (Wildman–Crippen LogP) is 3.54. The molecule has 1 aromatic heterocycles. The number of carbonyl (C=O) groups excluding carboxylic acids is 1. The molecule has 1 amide bonds. The fourth-order valence-electron chi connectivity index (χ4n) is 2.56. The van der Waals surface area contributed by atoms with E-state index in [2.05, 4.69) is 22.1 Å². The highest BCUT2D eigenvalue weighted by Crippen LogP contribution is 2.20. The smallest absolute Gasteiger partial charge is 0.220 e. The summed E-state index contributed by atoms with van der Waals surface area (Å²) >= 11 is 1.68. The lowest BCUT2D eigenvalue weighted by Gasteiger charge is -2.21. The second-order valence-corrected chi connectivity index (χ2v) is 6.25. The van der Waals surface area contributed by atoms with Gasteiger partial charge in [0.05, 0.1) is 6.10 Å². The van der Waals surface area contributed by atoms with Gasteiger partial charge in [-0.1, -0.05) is 19.3 Å².